The van der Waals surface area contributed by atoms with E-state index in [2.05, 4.69) is 55.6 Å². The van der Waals surface area contributed by atoms with Crippen LogP contribution in [0.25, 0.3) is 0 Å². The summed E-state index contributed by atoms with van der Waals surface area (Å²) in [5.74, 6) is -0.0264. The molecule has 0 aromatic rings. The van der Waals surface area contributed by atoms with Crippen molar-refractivity contribution in [2.24, 2.45) is 0 Å². The maximum absolute atomic E-state index is 12.5. The topological polar surface area (TPSA) is 69.6 Å². The van der Waals surface area contributed by atoms with Crippen LogP contribution in [0.15, 0.2) is 36.5 Å². The molecular formula is C61H117NO3. The normalized spacial score (nSPS) is 13.0. The highest BCUT2D eigenvalue weighted by atomic mass is 16.3. The molecular weight excluding hydrogens is 795 g/mol. The lowest BCUT2D eigenvalue weighted by Crippen LogP contribution is -2.45. The minimum atomic E-state index is -0.660. The monoisotopic (exact) mass is 912 g/mol. The molecule has 0 spiro atoms. The molecule has 0 saturated carbocycles. The van der Waals surface area contributed by atoms with Crippen LogP contribution >= 0.6 is 0 Å². The Morgan fingerprint density at radius 3 is 0.938 bits per heavy atom. The third-order valence-electron chi connectivity index (χ3n) is 13.9. The summed E-state index contributed by atoms with van der Waals surface area (Å²) in [6.45, 7) is 4.38. The second-order valence-corrected chi connectivity index (χ2v) is 20.4. The number of hydrogen-bond acceptors (Lipinski definition) is 3. The highest BCUT2D eigenvalue weighted by Crippen LogP contribution is 2.18. The van der Waals surface area contributed by atoms with Crippen LogP contribution in [0.2, 0.25) is 0 Å². The van der Waals surface area contributed by atoms with Crippen LogP contribution in [0.1, 0.15) is 328 Å². The van der Waals surface area contributed by atoms with Gasteiger partial charge >= 0.3 is 0 Å². The van der Waals surface area contributed by atoms with Gasteiger partial charge in [0, 0.05) is 6.42 Å². The largest absolute Gasteiger partial charge is 0.394 e. The van der Waals surface area contributed by atoms with Gasteiger partial charge < -0.3 is 15.5 Å². The molecule has 0 radical (unpaired) electrons. The van der Waals surface area contributed by atoms with Gasteiger partial charge in [0.15, 0.2) is 0 Å². The van der Waals surface area contributed by atoms with Crippen molar-refractivity contribution in [2.45, 2.75) is 341 Å². The molecule has 0 heterocycles. The minimum Gasteiger partial charge on any atom is -0.394 e. The number of carbonyl (C=O) groups excluding carboxylic acids is 1. The molecule has 384 valence electrons. The van der Waals surface area contributed by atoms with E-state index in [9.17, 15) is 15.0 Å². The van der Waals surface area contributed by atoms with Crippen molar-refractivity contribution >= 4 is 5.91 Å². The molecule has 0 aromatic carbocycles. The number of aliphatic hydroxyl groups excluding tert-OH is 2. The molecule has 2 atom stereocenters. The average molecular weight is 913 g/mol. The van der Waals surface area contributed by atoms with Crippen molar-refractivity contribution in [3.8, 4) is 0 Å². The Kier molecular flexibility index (Phi) is 55.7. The van der Waals surface area contributed by atoms with Crippen molar-refractivity contribution in [1.82, 2.24) is 5.32 Å². The van der Waals surface area contributed by atoms with E-state index < -0.39 is 12.1 Å². The summed E-state index contributed by atoms with van der Waals surface area (Å²) in [5.41, 5.74) is 0. The number of nitrogens with one attached hydrogen (secondary N) is 1. The van der Waals surface area contributed by atoms with Gasteiger partial charge in [-0.2, -0.15) is 0 Å². The number of hydrogen-bond donors (Lipinski definition) is 3. The van der Waals surface area contributed by atoms with Gasteiger partial charge in [-0.3, -0.25) is 4.79 Å². The lowest BCUT2D eigenvalue weighted by molar-refractivity contribution is -0.123. The standard InChI is InChI=1S/C61H117NO3/c1-3-5-7-9-11-13-15-17-19-21-23-25-27-28-29-30-31-32-33-34-35-37-39-41-43-45-47-49-51-53-55-57-61(65)62-59(58-63)60(64)56-54-52-50-48-46-44-42-40-38-36-26-24-22-20-18-16-14-12-10-8-6-4-2/h15,17,21,23,27-28,59-60,63-64H,3-14,16,18-20,22,24-26,29-58H2,1-2H3,(H,62,65)/b17-15-,23-21-,28-27-. The van der Waals surface area contributed by atoms with Gasteiger partial charge in [0.25, 0.3) is 0 Å². The average Bonchev–Trinajstić information content (AvgIpc) is 3.31. The quantitative estimate of drug-likeness (QED) is 0.0421. The molecule has 65 heavy (non-hydrogen) atoms. The second kappa shape index (κ2) is 56.9. The van der Waals surface area contributed by atoms with Gasteiger partial charge in [0.05, 0.1) is 18.8 Å². The molecule has 2 unspecified atom stereocenters. The summed E-state index contributed by atoms with van der Waals surface area (Å²) in [6.07, 6.45) is 77.1. The van der Waals surface area contributed by atoms with E-state index in [-0.39, 0.29) is 12.5 Å². The Hall–Kier alpha value is -1.39. The van der Waals surface area contributed by atoms with Gasteiger partial charge in [-0.05, 0) is 51.4 Å². The Bertz CT molecular complexity index is 989. The Morgan fingerprint density at radius 1 is 0.369 bits per heavy atom. The highest BCUT2D eigenvalue weighted by Gasteiger charge is 2.20. The van der Waals surface area contributed by atoms with Crippen LogP contribution in [0, 0.1) is 0 Å². The Morgan fingerprint density at radius 2 is 0.631 bits per heavy atom. The summed E-state index contributed by atoms with van der Waals surface area (Å²) in [7, 11) is 0. The maximum Gasteiger partial charge on any atom is 0.220 e. The molecule has 0 rings (SSSR count). The lowest BCUT2D eigenvalue weighted by Gasteiger charge is -2.22. The van der Waals surface area contributed by atoms with E-state index in [0.29, 0.717) is 12.8 Å². The number of amides is 1. The Balaban J connectivity index is 3.44. The molecule has 0 fully saturated rings. The first-order valence-corrected chi connectivity index (χ1v) is 29.7. The summed E-state index contributed by atoms with van der Waals surface area (Å²) >= 11 is 0. The fourth-order valence-electron chi connectivity index (χ4n) is 9.37. The van der Waals surface area contributed by atoms with Crippen LogP contribution < -0.4 is 5.32 Å². The first-order chi connectivity index (χ1) is 32.2. The SMILES string of the molecule is CCCCCCC/C=C\C/C=C\C/C=C\CCCCCCCCCCCCCCCCCCC(=O)NC(CO)C(O)CCCCCCCCCCCCCCCCCCCCCCCC. The molecule has 4 nitrogen and oxygen atoms in total. The number of carbonyl (C=O) groups is 1. The van der Waals surface area contributed by atoms with Gasteiger partial charge in [-0.15, -0.1) is 0 Å². The van der Waals surface area contributed by atoms with Crippen LogP contribution in [0.5, 0.6) is 0 Å². The molecule has 4 heteroatoms. The predicted molar refractivity (Wildman–Crippen MR) is 290 cm³/mol. The molecule has 0 aromatic heterocycles. The molecule has 3 N–H and O–H groups in total. The highest BCUT2D eigenvalue weighted by molar-refractivity contribution is 5.76. The van der Waals surface area contributed by atoms with Crippen LogP contribution in [0.4, 0.5) is 0 Å². The minimum absolute atomic E-state index is 0.0264. The van der Waals surface area contributed by atoms with Crippen LogP contribution in [-0.2, 0) is 4.79 Å². The fourth-order valence-corrected chi connectivity index (χ4v) is 9.37. The molecule has 0 bridgehead atoms. The van der Waals surface area contributed by atoms with E-state index in [4.69, 9.17) is 0 Å². The third kappa shape index (κ3) is 53.4. The second-order valence-electron chi connectivity index (χ2n) is 20.4. The van der Waals surface area contributed by atoms with E-state index in [1.54, 1.807) is 0 Å². The number of rotatable bonds is 55. The third-order valence-corrected chi connectivity index (χ3v) is 13.9. The molecule has 0 aliphatic carbocycles. The molecule has 1 amide bonds. The molecule has 0 saturated heterocycles. The zero-order valence-electron chi connectivity index (χ0n) is 44.3. The van der Waals surface area contributed by atoms with Crippen molar-refractivity contribution in [3.63, 3.8) is 0 Å². The predicted octanol–water partition coefficient (Wildman–Crippen LogP) is 19.6. The number of unbranched alkanes of at least 4 members (excludes halogenated alkanes) is 42. The maximum atomic E-state index is 12.5. The smallest absolute Gasteiger partial charge is 0.220 e. The zero-order valence-corrected chi connectivity index (χ0v) is 44.3. The lowest BCUT2D eigenvalue weighted by atomic mass is 10.0. The Labute approximate surface area is 408 Å². The number of allylic oxidation sites excluding steroid dienone is 6. The van der Waals surface area contributed by atoms with Gasteiger partial charge in [-0.1, -0.05) is 307 Å². The van der Waals surface area contributed by atoms with Crippen molar-refractivity contribution in [1.29, 1.82) is 0 Å². The fraction of sp³-hybridized carbons (Fsp3) is 0.885. The summed E-state index contributed by atoms with van der Waals surface area (Å²) in [6, 6.07) is -0.536. The van der Waals surface area contributed by atoms with Crippen molar-refractivity contribution in [3.05, 3.63) is 36.5 Å². The number of aliphatic hydroxyl groups is 2. The van der Waals surface area contributed by atoms with Crippen LogP contribution in [-0.4, -0.2) is 34.9 Å². The van der Waals surface area contributed by atoms with E-state index in [1.807, 2.05) is 0 Å². The summed E-state index contributed by atoms with van der Waals surface area (Å²) in [5, 5.41) is 23.4. The first-order valence-electron chi connectivity index (χ1n) is 29.7. The van der Waals surface area contributed by atoms with Gasteiger partial charge in [0.2, 0.25) is 5.91 Å². The van der Waals surface area contributed by atoms with Gasteiger partial charge in [0.1, 0.15) is 0 Å². The van der Waals surface area contributed by atoms with Crippen LogP contribution in [0.3, 0.4) is 0 Å². The van der Waals surface area contributed by atoms with Gasteiger partial charge in [-0.25, -0.2) is 0 Å². The van der Waals surface area contributed by atoms with E-state index >= 15 is 0 Å². The zero-order chi connectivity index (χ0) is 47.0. The molecule has 0 aliphatic heterocycles. The van der Waals surface area contributed by atoms with E-state index in [0.717, 1.165) is 38.5 Å². The summed E-state index contributed by atoms with van der Waals surface area (Å²) < 4.78 is 0. The van der Waals surface area contributed by atoms with E-state index in [1.165, 1.54) is 263 Å². The molecule has 0 aliphatic rings. The summed E-state index contributed by atoms with van der Waals surface area (Å²) in [4.78, 5) is 12.5. The van der Waals surface area contributed by atoms with Crippen molar-refractivity contribution in [2.75, 3.05) is 6.61 Å². The van der Waals surface area contributed by atoms with Crippen molar-refractivity contribution < 1.29 is 15.0 Å². The first kappa shape index (κ1) is 63.6.